The first-order valence-corrected chi connectivity index (χ1v) is 14.5. The number of anilines is 2. The normalized spacial score (nSPS) is 11.8. The van der Waals surface area contributed by atoms with E-state index in [0.717, 1.165) is 5.69 Å². The molecule has 4 aromatic rings. The molecule has 16 heteroatoms. The molecule has 4 rings (SSSR count). The summed E-state index contributed by atoms with van der Waals surface area (Å²) in [4.78, 5) is 16.8. The van der Waals surface area contributed by atoms with Crippen LogP contribution in [-0.4, -0.2) is 63.7 Å². The van der Waals surface area contributed by atoms with Crippen molar-refractivity contribution in [1.29, 1.82) is 0 Å². The summed E-state index contributed by atoms with van der Waals surface area (Å²) in [7, 11) is -9.60. The van der Waals surface area contributed by atoms with Crippen LogP contribution in [0.1, 0.15) is 16.1 Å². The third-order valence-corrected chi connectivity index (χ3v) is 6.63. The topological polar surface area (TPSA) is 189 Å². The summed E-state index contributed by atoms with van der Waals surface area (Å²) in [6.07, 6.45) is 1.23. The van der Waals surface area contributed by atoms with E-state index in [9.17, 15) is 21.6 Å². The maximum Gasteiger partial charge on any atom is 0.283 e. The van der Waals surface area contributed by atoms with Crippen molar-refractivity contribution in [3.63, 3.8) is 0 Å². The van der Waals surface area contributed by atoms with E-state index in [1.807, 2.05) is 12.1 Å². The molecule has 0 bridgehead atoms. The summed E-state index contributed by atoms with van der Waals surface area (Å²) in [5.74, 6) is -3.22. The summed E-state index contributed by atoms with van der Waals surface area (Å²) >= 11 is 5.94. The third kappa shape index (κ3) is 7.81. The molecule has 0 aliphatic rings. The minimum atomic E-state index is -4.80. The zero-order valence-electron chi connectivity index (χ0n) is 19.8. The highest BCUT2D eigenvalue weighted by atomic mass is 35.5. The van der Waals surface area contributed by atoms with Gasteiger partial charge in [0.15, 0.2) is 5.82 Å². The molecule has 13 nitrogen and oxygen atoms in total. The number of halogens is 1. The summed E-state index contributed by atoms with van der Waals surface area (Å²) in [5, 5.41) is 13.5. The Labute approximate surface area is 227 Å². The van der Waals surface area contributed by atoms with Gasteiger partial charge in [0.05, 0.1) is 0 Å². The second-order valence-corrected chi connectivity index (χ2v) is 11.4. The number of nitrogens with one attached hydrogen (secondary N) is 1. The molecule has 3 N–H and O–H groups in total. The number of aromatic nitrogens is 3. The van der Waals surface area contributed by atoms with Gasteiger partial charge in [-0.1, -0.05) is 29.8 Å². The van der Waals surface area contributed by atoms with E-state index >= 15 is 0 Å². The fourth-order valence-corrected chi connectivity index (χ4v) is 4.94. The highest BCUT2D eigenvalue weighted by Crippen LogP contribution is 2.30. The van der Waals surface area contributed by atoms with E-state index in [1.54, 1.807) is 36.4 Å². The molecule has 0 spiro atoms. The number of pyridine rings is 1. The molecule has 2 aromatic heterocycles. The summed E-state index contributed by atoms with van der Waals surface area (Å²) in [5.41, 5.74) is 0.807. The fourth-order valence-electron chi connectivity index (χ4n) is 3.49. The number of carbonyl (C=O) groups excluding carboxylic acids is 1. The van der Waals surface area contributed by atoms with E-state index in [2.05, 4.69) is 20.5 Å². The molecule has 0 aliphatic carbocycles. The van der Waals surface area contributed by atoms with E-state index in [4.69, 9.17) is 25.4 Å². The lowest BCUT2D eigenvalue weighted by molar-refractivity contribution is 0.0794. The van der Waals surface area contributed by atoms with Crippen LogP contribution in [0, 0.1) is 0 Å². The van der Waals surface area contributed by atoms with E-state index < -0.39 is 37.9 Å². The Morgan fingerprint density at radius 3 is 2.21 bits per heavy atom. The monoisotopic (exact) mass is 593 g/mol. The maximum absolute atomic E-state index is 12.7. The van der Waals surface area contributed by atoms with Gasteiger partial charge < -0.3 is 15.0 Å². The van der Waals surface area contributed by atoms with Gasteiger partial charge in [0.2, 0.25) is 5.88 Å². The zero-order chi connectivity index (χ0) is 28.2. The summed E-state index contributed by atoms with van der Waals surface area (Å²) in [6.45, 7) is -0.109. The van der Waals surface area contributed by atoms with Crippen LogP contribution < -0.4 is 10.1 Å². The van der Waals surface area contributed by atoms with Crippen LogP contribution in [-0.2, 0) is 26.8 Å². The average Bonchev–Trinajstić information content (AvgIpc) is 2.87. The zero-order valence-corrected chi connectivity index (χ0v) is 22.2. The van der Waals surface area contributed by atoms with Crippen LogP contribution in [0.15, 0.2) is 66.9 Å². The van der Waals surface area contributed by atoms with Gasteiger partial charge in [0.25, 0.3) is 26.1 Å². The van der Waals surface area contributed by atoms with Crippen LogP contribution in [0.3, 0.4) is 0 Å². The van der Waals surface area contributed by atoms with Crippen LogP contribution >= 0.6 is 11.6 Å². The van der Waals surface area contributed by atoms with Crippen molar-refractivity contribution in [3.8, 4) is 5.88 Å². The Hall–Kier alpha value is -3.89. The van der Waals surface area contributed by atoms with Crippen LogP contribution in [0.2, 0.25) is 5.02 Å². The van der Waals surface area contributed by atoms with E-state index in [0.29, 0.717) is 27.2 Å². The van der Waals surface area contributed by atoms with E-state index in [-0.39, 0.29) is 23.1 Å². The van der Waals surface area contributed by atoms with Crippen molar-refractivity contribution in [2.75, 3.05) is 17.1 Å². The lowest BCUT2D eigenvalue weighted by atomic mass is 10.1. The molecule has 204 valence electrons. The number of hydrogen-bond acceptors (Lipinski definition) is 10. The van der Waals surface area contributed by atoms with Gasteiger partial charge in [-0.3, -0.25) is 18.9 Å². The molecule has 0 saturated carbocycles. The first kappa shape index (κ1) is 28.1. The smallest absolute Gasteiger partial charge is 0.283 e. The molecule has 0 radical (unpaired) electrons. The Balaban J connectivity index is 1.55. The molecule has 0 unspecified atom stereocenters. The Morgan fingerprint density at radius 1 is 0.923 bits per heavy atom. The molecule has 39 heavy (non-hydrogen) atoms. The number of fused-ring (bicyclic) bond motifs is 1. The number of benzene rings is 2. The van der Waals surface area contributed by atoms with Gasteiger partial charge in [0.1, 0.15) is 24.1 Å². The first-order valence-electron chi connectivity index (χ1n) is 10.9. The number of hydrogen-bond donors (Lipinski definition) is 3. The predicted molar refractivity (Wildman–Crippen MR) is 142 cm³/mol. The van der Waals surface area contributed by atoms with Crippen molar-refractivity contribution < 1.29 is 35.5 Å². The summed E-state index contributed by atoms with van der Waals surface area (Å²) < 4.78 is 69.0. The molecule has 2 heterocycles. The Morgan fingerprint density at radius 2 is 1.56 bits per heavy atom. The van der Waals surface area contributed by atoms with Gasteiger partial charge in [0, 0.05) is 27.7 Å². The van der Waals surface area contributed by atoms with Gasteiger partial charge in [-0.2, -0.15) is 16.8 Å². The fraction of sp³-hybridized carbons (Fsp3) is 0.130. The highest BCUT2D eigenvalue weighted by Gasteiger charge is 2.26. The van der Waals surface area contributed by atoms with Crippen LogP contribution in [0.4, 0.5) is 11.5 Å². The molecule has 0 atom stereocenters. The van der Waals surface area contributed by atoms with Crippen LogP contribution in [0.25, 0.3) is 10.8 Å². The molecule has 1 amide bonds. The summed E-state index contributed by atoms with van der Waals surface area (Å²) in [6, 6.07) is 17.0. The predicted octanol–water partition coefficient (Wildman–Crippen LogP) is 3.13. The number of carbonyl (C=O) groups is 1. The lowest BCUT2D eigenvalue weighted by Crippen LogP contribution is -2.39. The molecule has 0 fully saturated rings. The van der Waals surface area contributed by atoms with Gasteiger partial charge in [-0.05, 0) is 48.0 Å². The number of nitrogens with zero attached hydrogens (tertiary/aromatic N) is 4. The highest BCUT2D eigenvalue weighted by molar-refractivity contribution is 7.86. The quantitative estimate of drug-likeness (QED) is 0.228. The molecule has 2 aromatic carbocycles. The van der Waals surface area contributed by atoms with Crippen molar-refractivity contribution in [2.24, 2.45) is 0 Å². The van der Waals surface area contributed by atoms with Gasteiger partial charge in [-0.25, -0.2) is 0 Å². The SMILES string of the molecule is O=C(c1cc(COc2nnc(Nc3ccc(Cl)cc3)c3ccccc23)ccn1)N(CS(=O)(=O)O)CS(=O)(=O)O. The molecular weight excluding hydrogens is 574 g/mol. The van der Waals surface area contributed by atoms with Crippen molar-refractivity contribution in [1.82, 2.24) is 20.1 Å². The first-order chi connectivity index (χ1) is 18.4. The van der Waals surface area contributed by atoms with Crippen molar-refractivity contribution in [2.45, 2.75) is 6.61 Å². The van der Waals surface area contributed by atoms with E-state index in [1.165, 1.54) is 18.3 Å². The second-order valence-electron chi connectivity index (χ2n) is 8.14. The maximum atomic E-state index is 12.7. The number of ether oxygens (including phenoxy) is 1. The van der Waals surface area contributed by atoms with Gasteiger partial charge >= 0.3 is 0 Å². The minimum Gasteiger partial charge on any atom is -0.471 e. The average molecular weight is 594 g/mol. The second kappa shape index (κ2) is 11.5. The molecular formula is C23H20ClN5O8S2. The molecule has 0 aliphatic heterocycles. The third-order valence-electron chi connectivity index (χ3n) is 5.10. The number of amides is 1. The Kier molecular flexibility index (Phi) is 8.27. The lowest BCUT2D eigenvalue weighted by Gasteiger charge is -2.19. The largest absolute Gasteiger partial charge is 0.471 e. The Bertz CT molecular complexity index is 1700. The van der Waals surface area contributed by atoms with Gasteiger partial charge in [-0.15, -0.1) is 10.2 Å². The minimum absolute atomic E-state index is 0.109. The standard InChI is InChI=1S/C23H20ClN5O8S2/c24-16-5-7-17(8-6-16)26-21-18-3-1-2-4-19(18)22(28-27-21)37-12-15-9-10-25-20(11-15)23(30)29(13-38(31,32)33)14-39(34,35)36/h1-11H,12-14H2,(H,26,27)(H,31,32,33)(H,34,35,36). The molecule has 0 saturated heterocycles. The van der Waals surface area contributed by atoms with Crippen LogP contribution in [0.5, 0.6) is 5.88 Å². The van der Waals surface area contributed by atoms with Crippen molar-refractivity contribution in [3.05, 3.63) is 83.1 Å². The van der Waals surface area contributed by atoms with Crippen molar-refractivity contribution >= 4 is 60.0 Å². The number of rotatable bonds is 10.